The highest BCUT2D eigenvalue weighted by atomic mass is 16.4. The molecule has 16 heavy (non-hydrogen) atoms. The van der Waals surface area contributed by atoms with Gasteiger partial charge in [0.15, 0.2) is 0 Å². The van der Waals surface area contributed by atoms with Crippen LogP contribution in [-0.4, -0.2) is 34.6 Å². The lowest BCUT2D eigenvalue weighted by Crippen LogP contribution is -2.61. The van der Waals surface area contributed by atoms with Gasteiger partial charge in [0.05, 0.1) is 0 Å². The van der Waals surface area contributed by atoms with E-state index in [4.69, 9.17) is 0 Å². The Morgan fingerprint density at radius 2 is 1.88 bits per heavy atom. The second-order valence-electron chi connectivity index (χ2n) is 5.19. The van der Waals surface area contributed by atoms with Crippen LogP contribution in [0.3, 0.4) is 0 Å². The second kappa shape index (κ2) is 5.17. The van der Waals surface area contributed by atoms with Crippen molar-refractivity contribution in [2.45, 2.75) is 52.5 Å². The fourth-order valence-electron chi connectivity index (χ4n) is 3.27. The molecular weight excluding hydrogens is 202 g/mol. The van der Waals surface area contributed by atoms with Crippen molar-refractivity contribution in [3.63, 3.8) is 0 Å². The Bertz CT molecular complexity index is 250. The number of rotatable bonds is 4. The number of hydrogen-bond donors (Lipinski definition) is 1. The monoisotopic (exact) mass is 227 g/mol. The third kappa shape index (κ3) is 2.10. The summed E-state index contributed by atoms with van der Waals surface area (Å²) >= 11 is 0. The predicted octanol–water partition coefficient (Wildman–Crippen LogP) is 2.61. The number of hydrogen-bond acceptors (Lipinski definition) is 2. The molecule has 0 aromatic carbocycles. The van der Waals surface area contributed by atoms with Crippen LogP contribution in [0.4, 0.5) is 0 Å². The van der Waals surface area contributed by atoms with E-state index in [0.717, 1.165) is 32.4 Å². The molecule has 0 spiro atoms. The van der Waals surface area contributed by atoms with Crippen molar-refractivity contribution in [1.82, 2.24) is 4.90 Å². The van der Waals surface area contributed by atoms with Gasteiger partial charge in [-0.05, 0) is 37.8 Å². The van der Waals surface area contributed by atoms with Crippen molar-refractivity contribution in [2.24, 2.45) is 11.8 Å². The first kappa shape index (κ1) is 13.5. The minimum absolute atomic E-state index is 0.251. The zero-order valence-electron chi connectivity index (χ0n) is 11.0. The average Bonchev–Trinajstić information content (AvgIpc) is 2.24. The summed E-state index contributed by atoms with van der Waals surface area (Å²) in [4.78, 5) is 13.9. The van der Waals surface area contributed by atoms with E-state index in [2.05, 4.69) is 32.6 Å². The molecule has 1 aliphatic rings. The first-order chi connectivity index (χ1) is 7.48. The Kier molecular flexibility index (Phi) is 4.36. The number of likely N-dealkylation sites (N-methyl/N-ethyl adjacent to an activating group) is 1. The predicted molar refractivity (Wildman–Crippen MR) is 65.5 cm³/mol. The van der Waals surface area contributed by atoms with E-state index in [1.165, 1.54) is 0 Å². The Morgan fingerprint density at radius 3 is 2.31 bits per heavy atom. The van der Waals surface area contributed by atoms with Gasteiger partial charge >= 0.3 is 5.97 Å². The molecule has 0 heterocycles. The molecule has 1 aliphatic carbocycles. The van der Waals surface area contributed by atoms with E-state index < -0.39 is 11.5 Å². The molecule has 1 rings (SSSR count). The molecule has 0 bridgehead atoms. The van der Waals surface area contributed by atoms with Crippen molar-refractivity contribution in [1.29, 1.82) is 0 Å². The molecule has 3 heteroatoms. The van der Waals surface area contributed by atoms with Crippen LogP contribution in [0.1, 0.15) is 47.0 Å². The summed E-state index contributed by atoms with van der Waals surface area (Å²) in [5, 5.41) is 9.67. The minimum atomic E-state index is -0.629. The van der Waals surface area contributed by atoms with Gasteiger partial charge in [-0.2, -0.15) is 0 Å². The molecule has 1 saturated carbocycles. The zero-order valence-corrected chi connectivity index (χ0v) is 11.0. The van der Waals surface area contributed by atoms with Gasteiger partial charge in [-0.25, -0.2) is 0 Å². The van der Waals surface area contributed by atoms with Crippen molar-refractivity contribution in [3.05, 3.63) is 0 Å². The third-order valence-electron chi connectivity index (χ3n) is 4.27. The lowest BCUT2D eigenvalue weighted by atomic mass is 9.68. The molecular formula is C13H25NO2. The fraction of sp³-hybridized carbons (Fsp3) is 0.923. The van der Waals surface area contributed by atoms with Crippen LogP contribution >= 0.6 is 0 Å². The highest BCUT2D eigenvalue weighted by Gasteiger charge is 2.50. The quantitative estimate of drug-likeness (QED) is 0.802. The Morgan fingerprint density at radius 1 is 1.31 bits per heavy atom. The number of aliphatic carboxylic acids is 1. The largest absolute Gasteiger partial charge is 0.480 e. The lowest BCUT2D eigenvalue weighted by Gasteiger charge is -2.48. The molecule has 3 nitrogen and oxygen atoms in total. The van der Waals surface area contributed by atoms with Gasteiger partial charge in [0, 0.05) is 0 Å². The van der Waals surface area contributed by atoms with E-state index in [-0.39, 0.29) is 5.92 Å². The van der Waals surface area contributed by atoms with Crippen LogP contribution in [-0.2, 0) is 4.79 Å². The third-order valence-corrected chi connectivity index (χ3v) is 4.27. The molecule has 0 amide bonds. The minimum Gasteiger partial charge on any atom is -0.480 e. The maximum absolute atomic E-state index is 11.7. The number of carbonyl (C=O) groups is 1. The van der Waals surface area contributed by atoms with Crippen LogP contribution in [0.2, 0.25) is 0 Å². The second-order valence-corrected chi connectivity index (χ2v) is 5.19. The van der Waals surface area contributed by atoms with Crippen molar-refractivity contribution >= 4 is 5.97 Å². The molecule has 0 aromatic rings. The molecule has 94 valence electrons. The first-order valence-corrected chi connectivity index (χ1v) is 6.47. The summed E-state index contributed by atoms with van der Waals surface area (Å²) in [6, 6.07) is 0. The first-order valence-electron chi connectivity index (χ1n) is 6.47. The summed E-state index contributed by atoms with van der Waals surface area (Å²) in [5.41, 5.74) is -0.624. The van der Waals surface area contributed by atoms with Gasteiger partial charge < -0.3 is 5.11 Å². The van der Waals surface area contributed by atoms with E-state index in [1.54, 1.807) is 0 Å². The molecule has 3 unspecified atom stereocenters. The van der Waals surface area contributed by atoms with Crippen LogP contribution in [0, 0.1) is 11.8 Å². The number of carboxylic acids is 1. The summed E-state index contributed by atoms with van der Waals surface area (Å²) < 4.78 is 0. The van der Waals surface area contributed by atoms with E-state index in [0.29, 0.717) is 5.92 Å². The van der Waals surface area contributed by atoms with Gasteiger partial charge in [-0.3, -0.25) is 9.69 Å². The van der Waals surface area contributed by atoms with Gasteiger partial charge in [0.2, 0.25) is 0 Å². The van der Waals surface area contributed by atoms with Crippen molar-refractivity contribution < 1.29 is 9.90 Å². The molecule has 0 saturated heterocycles. The topological polar surface area (TPSA) is 40.5 Å². The van der Waals surface area contributed by atoms with Gasteiger partial charge in [-0.1, -0.05) is 34.1 Å². The molecule has 0 radical (unpaired) electrons. The zero-order chi connectivity index (χ0) is 12.3. The van der Waals surface area contributed by atoms with Gasteiger partial charge in [0.1, 0.15) is 5.54 Å². The Labute approximate surface area is 98.8 Å². The molecule has 3 atom stereocenters. The van der Waals surface area contributed by atoms with Crippen LogP contribution in [0.25, 0.3) is 0 Å². The van der Waals surface area contributed by atoms with Crippen LogP contribution in [0.15, 0.2) is 0 Å². The molecule has 0 aromatic heterocycles. The lowest BCUT2D eigenvalue weighted by molar-refractivity contribution is -0.160. The summed E-state index contributed by atoms with van der Waals surface area (Å²) in [6.45, 7) is 10.0. The van der Waals surface area contributed by atoms with Crippen molar-refractivity contribution in [2.75, 3.05) is 13.1 Å². The van der Waals surface area contributed by atoms with Gasteiger partial charge in [-0.15, -0.1) is 0 Å². The standard InChI is InChI=1S/C13H25NO2/c1-5-14(6-2)13(12(15)16)9-10(3)7-8-11(13)4/h10-11H,5-9H2,1-4H3,(H,15,16). The summed E-state index contributed by atoms with van der Waals surface area (Å²) in [6.07, 6.45) is 2.99. The SMILES string of the molecule is CCN(CC)C1(C(=O)O)CC(C)CCC1C. The average molecular weight is 227 g/mol. The highest BCUT2D eigenvalue weighted by Crippen LogP contribution is 2.41. The van der Waals surface area contributed by atoms with E-state index in [1.807, 2.05) is 0 Å². The van der Waals surface area contributed by atoms with Crippen molar-refractivity contribution in [3.8, 4) is 0 Å². The van der Waals surface area contributed by atoms with E-state index >= 15 is 0 Å². The Balaban J connectivity index is 3.06. The van der Waals surface area contributed by atoms with E-state index in [9.17, 15) is 9.90 Å². The molecule has 1 N–H and O–H groups in total. The summed E-state index contributed by atoms with van der Waals surface area (Å²) in [7, 11) is 0. The molecule has 1 fully saturated rings. The Hall–Kier alpha value is -0.570. The smallest absolute Gasteiger partial charge is 0.324 e. The fourth-order valence-corrected chi connectivity index (χ4v) is 3.27. The maximum atomic E-state index is 11.7. The van der Waals surface area contributed by atoms with Crippen LogP contribution in [0.5, 0.6) is 0 Å². The normalized spacial score (nSPS) is 35.3. The number of carboxylic acid groups (broad SMARTS) is 1. The van der Waals surface area contributed by atoms with Gasteiger partial charge in [0.25, 0.3) is 0 Å². The maximum Gasteiger partial charge on any atom is 0.324 e. The van der Waals surface area contributed by atoms with Crippen LogP contribution < -0.4 is 0 Å². The number of nitrogens with zero attached hydrogens (tertiary/aromatic N) is 1. The summed E-state index contributed by atoms with van der Waals surface area (Å²) in [5.74, 6) is 0.143. The highest BCUT2D eigenvalue weighted by molar-refractivity contribution is 5.79. The molecule has 0 aliphatic heterocycles.